The third-order valence-electron chi connectivity index (χ3n) is 2.14. The number of aromatic amines is 1. The van der Waals surface area contributed by atoms with E-state index in [1.54, 1.807) is 0 Å². The Morgan fingerprint density at radius 1 is 1.13 bits per heavy atom. The first-order chi connectivity index (χ1) is 7.04. The smallest absolute Gasteiger partial charge is 0.129 e. The maximum Gasteiger partial charge on any atom is 0.129 e. The SMILES string of the molecule is C[Si](C)(C)C#Cc1ccc2cc[nH]c2c1. The Morgan fingerprint density at radius 3 is 2.67 bits per heavy atom. The van der Waals surface area contributed by atoms with Gasteiger partial charge in [0, 0.05) is 17.3 Å². The van der Waals surface area contributed by atoms with Gasteiger partial charge in [0.1, 0.15) is 8.07 Å². The number of fused-ring (bicyclic) bond motifs is 1. The quantitative estimate of drug-likeness (QED) is 0.510. The highest BCUT2D eigenvalue weighted by Crippen LogP contribution is 2.13. The zero-order valence-electron chi connectivity index (χ0n) is 9.39. The summed E-state index contributed by atoms with van der Waals surface area (Å²) in [5.41, 5.74) is 5.64. The van der Waals surface area contributed by atoms with Crippen molar-refractivity contribution in [2.24, 2.45) is 0 Å². The number of hydrogen-bond donors (Lipinski definition) is 1. The van der Waals surface area contributed by atoms with Gasteiger partial charge in [-0.25, -0.2) is 0 Å². The van der Waals surface area contributed by atoms with Gasteiger partial charge in [0.2, 0.25) is 0 Å². The zero-order valence-corrected chi connectivity index (χ0v) is 10.4. The molecule has 0 saturated carbocycles. The third-order valence-corrected chi connectivity index (χ3v) is 3.01. The average Bonchev–Trinajstić information content (AvgIpc) is 2.60. The topological polar surface area (TPSA) is 15.8 Å². The van der Waals surface area contributed by atoms with Gasteiger partial charge in [-0.05, 0) is 23.6 Å². The van der Waals surface area contributed by atoms with E-state index in [-0.39, 0.29) is 0 Å². The molecular weight excluding hydrogens is 198 g/mol. The second-order valence-electron chi connectivity index (χ2n) is 4.78. The van der Waals surface area contributed by atoms with E-state index in [9.17, 15) is 0 Å². The second-order valence-corrected chi connectivity index (χ2v) is 9.53. The number of hydrogen-bond acceptors (Lipinski definition) is 0. The largest absolute Gasteiger partial charge is 0.361 e. The van der Waals surface area contributed by atoms with Gasteiger partial charge >= 0.3 is 0 Å². The van der Waals surface area contributed by atoms with E-state index in [1.807, 2.05) is 6.20 Å². The highest BCUT2D eigenvalue weighted by molar-refractivity contribution is 6.83. The molecule has 0 aliphatic carbocycles. The fourth-order valence-electron chi connectivity index (χ4n) is 1.39. The fraction of sp³-hybridized carbons (Fsp3) is 0.231. The van der Waals surface area contributed by atoms with Crippen LogP contribution in [0, 0.1) is 11.5 Å². The minimum Gasteiger partial charge on any atom is -0.361 e. The van der Waals surface area contributed by atoms with Gasteiger partial charge in [-0.15, -0.1) is 5.54 Å². The predicted molar refractivity (Wildman–Crippen MR) is 68.5 cm³/mol. The van der Waals surface area contributed by atoms with Crippen LogP contribution in [0.3, 0.4) is 0 Å². The summed E-state index contributed by atoms with van der Waals surface area (Å²) in [5.74, 6) is 3.26. The molecule has 1 aromatic carbocycles. The predicted octanol–water partition coefficient (Wildman–Crippen LogP) is 3.40. The van der Waals surface area contributed by atoms with Crippen molar-refractivity contribution in [3.63, 3.8) is 0 Å². The van der Waals surface area contributed by atoms with Crippen LogP contribution in [0.25, 0.3) is 10.9 Å². The molecule has 1 heterocycles. The Labute approximate surface area is 91.5 Å². The molecule has 1 N–H and O–H groups in total. The Bertz CT molecular complexity index is 535. The number of H-pyrrole nitrogens is 1. The molecule has 0 amide bonds. The van der Waals surface area contributed by atoms with Gasteiger partial charge in [0.05, 0.1) is 0 Å². The van der Waals surface area contributed by atoms with E-state index < -0.39 is 8.07 Å². The molecule has 15 heavy (non-hydrogen) atoms. The van der Waals surface area contributed by atoms with E-state index in [4.69, 9.17) is 0 Å². The number of rotatable bonds is 0. The minimum absolute atomic E-state index is 1.10. The molecule has 0 aliphatic rings. The Hall–Kier alpha value is -1.46. The van der Waals surface area contributed by atoms with Crippen LogP contribution in [0.2, 0.25) is 19.6 Å². The highest BCUT2D eigenvalue weighted by atomic mass is 28.3. The molecule has 1 nitrogen and oxygen atoms in total. The van der Waals surface area contributed by atoms with Gasteiger partial charge in [0.15, 0.2) is 0 Å². The van der Waals surface area contributed by atoms with Crippen molar-refractivity contribution in [3.8, 4) is 11.5 Å². The lowest BCUT2D eigenvalue weighted by atomic mass is 10.2. The van der Waals surface area contributed by atoms with Crippen LogP contribution in [0.4, 0.5) is 0 Å². The van der Waals surface area contributed by atoms with Crippen LogP contribution in [-0.2, 0) is 0 Å². The highest BCUT2D eigenvalue weighted by Gasteiger charge is 2.07. The lowest BCUT2D eigenvalue weighted by Gasteiger charge is -2.03. The van der Waals surface area contributed by atoms with Gasteiger partial charge in [-0.1, -0.05) is 31.6 Å². The molecule has 2 aromatic rings. The Balaban J connectivity index is 2.39. The third kappa shape index (κ3) is 2.51. The monoisotopic (exact) mass is 213 g/mol. The molecule has 0 spiro atoms. The first kappa shape index (κ1) is 10.1. The van der Waals surface area contributed by atoms with Crippen LogP contribution in [-0.4, -0.2) is 13.1 Å². The zero-order chi connectivity index (χ0) is 10.9. The summed E-state index contributed by atoms with van der Waals surface area (Å²) >= 11 is 0. The Kier molecular flexibility index (Phi) is 2.41. The minimum atomic E-state index is -1.26. The molecule has 0 radical (unpaired) electrons. The molecule has 0 aliphatic heterocycles. The van der Waals surface area contributed by atoms with Crippen LogP contribution in [0.5, 0.6) is 0 Å². The van der Waals surface area contributed by atoms with E-state index in [0.29, 0.717) is 0 Å². The van der Waals surface area contributed by atoms with Crippen molar-refractivity contribution < 1.29 is 0 Å². The summed E-state index contributed by atoms with van der Waals surface area (Å²) in [6, 6.07) is 8.39. The van der Waals surface area contributed by atoms with Crippen molar-refractivity contribution in [1.82, 2.24) is 4.98 Å². The lowest BCUT2D eigenvalue weighted by molar-refractivity contribution is 1.47. The van der Waals surface area contributed by atoms with Crippen LogP contribution in [0.15, 0.2) is 30.5 Å². The molecule has 0 fully saturated rings. The Morgan fingerprint density at radius 2 is 1.93 bits per heavy atom. The van der Waals surface area contributed by atoms with E-state index in [1.165, 1.54) is 5.39 Å². The molecule has 0 bridgehead atoms. The second kappa shape index (κ2) is 3.60. The van der Waals surface area contributed by atoms with Crippen molar-refractivity contribution in [3.05, 3.63) is 36.0 Å². The fourth-order valence-corrected chi connectivity index (χ4v) is 1.90. The summed E-state index contributed by atoms with van der Waals surface area (Å²) in [4.78, 5) is 3.20. The van der Waals surface area contributed by atoms with Crippen molar-refractivity contribution in [2.75, 3.05) is 0 Å². The molecule has 0 unspecified atom stereocenters. The summed E-state index contributed by atoms with van der Waals surface area (Å²) in [6.07, 6.45) is 1.96. The average molecular weight is 213 g/mol. The molecule has 0 atom stereocenters. The molecule has 0 saturated heterocycles. The molecule has 2 rings (SSSR count). The van der Waals surface area contributed by atoms with Crippen LogP contribution in [0.1, 0.15) is 5.56 Å². The van der Waals surface area contributed by atoms with Gasteiger partial charge in [0.25, 0.3) is 0 Å². The van der Waals surface area contributed by atoms with Gasteiger partial charge in [-0.3, -0.25) is 0 Å². The van der Waals surface area contributed by atoms with E-state index >= 15 is 0 Å². The first-order valence-electron chi connectivity index (χ1n) is 5.15. The maximum atomic E-state index is 3.37. The first-order valence-corrected chi connectivity index (χ1v) is 8.65. The summed E-state index contributed by atoms with van der Waals surface area (Å²) in [6.45, 7) is 6.77. The normalized spacial score (nSPS) is 11.1. The van der Waals surface area contributed by atoms with Crippen molar-refractivity contribution in [1.29, 1.82) is 0 Å². The molecule has 76 valence electrons. The van der Waals surface area contributed by atoms with Crippen molar-refractivity contribution in [2.45, 2.75) is 19.6 Å². The number of nitrogens with one attached hydrogen (secondary N) is 1. The number of aromatic nitrogens is 1. The summed E-state index contributed by atoms with van der Waals surface area (Å²) in [5, 5.41) is 1.24. The molecule has 1 aromatic heterocycles. The van der Waals surface area contributed by atoms with E-state index in [0.717, 1.165) is 11.1 Å². The van der Waals surface area contributed by atoms with Crippen LogP contribution >= 0.6 is 0 Å². The number of benzene rings is 1. The van der Waals surface area contributed by atoms with Gasteiger partial charge in [-0.2, -0.15) is 0 Å². The van der Waals surface area contributed by atoms with Crippen LogP contribution < -0.4 is 0 Å². The maximum absolute atomic E-state index is 3.37. The van der Waals surface area contributed by atoms with Gasteiger partial charge < -0.3 is 4.98 Å². The van der Waals surface area contributed by atoms with E-state index in [2.05, 4.69) is 60.4 Å². The lowest BCUT2D eigenvalue weighted by Crippen LogP contribution is -2.16. The molecule has 2 heteroatoms. The standard InChI is InChI=1S/C13H15NSi/c1-15(2,3)9-7-11-4-5-12-6-8-14-13(12)10-11/h4-6,8,10,14H,1-3H3. The summed E-state index contributed by atoms with van der Waals surface area (Å²) < 4.78 is 0. The summed E-state index contributed by atoms with van der Waals surface area (Å²) in [7, 11) is -1.26. The molecular formula is C13H15NSi. The van der Waals surface area contributed by atoms with Crippen molar-refractivity contribution >= 4 is 19.0 Å².